The van der Waals surface area contributed by atoms with Crippen LogP contribution in [0.1, 0.15) is 33.1 Å². The molecule has 1 aliphatic rings. The number of hydrogen-bond acceptors (Lipinski definition) is 5. The fourth-order valence-electron chi connectivity index (χ4n) is 2.23. The zero-order chi connectivity index (χ0) is 13.4. The van der Waals surface area contributed by atoms with Crippen LogP contribution in [0.25, 0.3) is 0 Å². The van der Waals surface area contributed by atoms with Crippen LogP contribution in [0.5, 0.6) is 0 Å². The summed E-state index contributed by atoms with van der Waals surface area (Å²) in [5.41, 5.74) is 0. The molecule has 0 spiro atoms. The molecule has 0 atom stereocenters. The molecule has 0 radical (unpaired) electrons. The third-order valence-electron chi connectivity index (χ3n) is 3.17. The second kappa shape index (κ2) is 10.0. The van der Waals surface area contributed by atoms with Crippen molar-refractivity contribution in [3.05, 3.63) is 0 Å². The van der Waals surface area contributed by atoms with Crippen molar-refractivity contribution in [1.29, 1.82) is 0 Å². The molecule has 1 rings (SSSR count). The number of piperidine rings is 1. The lowest BCUT2D eigenvalue weighted by atomic mass is 9.88. The van der Waals surface area contributed by atoms with Gasteiger partial charge >= 0.3 is 11.9 Å². The monoisotopic (exact) mass is 293 g/mol. The number of halogens is 1. The number of carbonyl (C=O) groups excluding carboxylic acids is 2. The molecule has 1 fully saturated rings. The van der Waals surface area contributed by atoms with E-state index in [4.69, 9.17) is 9.47 Å². The van der Waals surface area contributed by atoms with Crippen LogP contribution in [0.2, 0.25) is 0 Å². The molecule has 19 heavy (non-hydrogen) atoms. The third kappa shape index (κ3) is 6.25. The molecule has 0 aromatic rings. The first-order chi connectivity index (χ1) is 8.69. The van der Waals surface area contributed by atoms with Crippen LogP contribution in [0, 0.1) is 11.8 Å². The van der Waals surface area contributed by atoms with Crippen LogP contribution >= 0.6 is 12.4 Å². The van der Waals surface area contributed by atoms with Crippen LogP contribution in [0.4, 0.5) is 0 Å². The molecule has 0 aromatic heterocycles. The number of carbonyl (C=O) groups is 2. The highest BCUT2D eigenvalue weighted by Crippen LogP contribution is 2.23. The van der Waals surface area contributed by atoms with Gasteiger partial charge in [0.25, 0.3) is 0 Å². The van der Waals surface area contributed by atoms with E-state index in [0.29, 0.717) is 25.6 Å². The molecule has 1 N–H and O–H groups in total. The van der Waals surface area contributed by atoms with Crippen molar-refractivity contribution < 1.29 is 19.1 Å². The van der Waals surface area contributed by atoms with E-state index in [-0.39, 0.29) is 12.4 Å². The van der Waals surface area contributed by atoms with E-state index >= 15 is 0 Å². The normalized spacial score (nSPS) is 15.7. The maximum Gasteiger partial charge on any atom is 0.320 e. The van der Waals surface area contributed by atoms with Gasteiger partial charge in [0.15, 0.2) is 5.92 Å². The maximum absolute atomic E-state index is 11.8. The molecule has 0 saturated carbocycles. The largest absolute Gasteiger partial charge is 0.465 e. The predicted molar refractivity (Wildman–Crippen MR) is 74.2 cm³/mol. The first-order valence-corrected chi connectivity index (χ1v) is 6.73. The van der Waals surface area contributed by atoms with E-state index in [9.17, 15) is 9.59 Å². The topological polar surface area (TPSA) is 64.6 Å². The van der Waals surface area contributed by atoms with E-state index in [1.165, 1.54) is 0 Å². The average molecular weight is 294 g/mol. The van der Waals surface area contributed by atoms with E-state index in [1.54, 1.807) is 13.8 Å². The Bertz CT molecular complexity index is 262. The zero-order valence-corrected chi connectivity index (χ0v) is 12.5. The van der Waals surface area contributed by atoms with Gasteiger partial charge in [0.1, 0.15) is 0 Å². The van der Waals surface area contributed by atoms with Gasteiger partial charge in [0.05, 0.1) is 13.2 Å². The Balaban J connectivity index is 0.00000324. The fourth-order valence-corrected chi connectivity index (χ4v) is 2.23. The summed E-state index contributed by atoms with van der Waals surface area (Å²) >= 11 is 0. The van der Waals surface area contributed by atoms with Crippen molar-refractivity contribution in [3.63, 3.8) is 0 Å². The quantitative estimate of drug-likeness (QED) is 0.594. The van der Waals surface area contributed by atoms with Gasteiger partial charge in [-0.1, -0.05) is 0 Å². The SMILES string of the molecule is CCOC(=O)C(CC1CCNCC1)C(=O)OCC.Cl. The zero-order valence-electron chi connectivity index (χ0n) is 11.6. The van der Waals surface area contributed by atoms with Crippen LogP contribution in [-0.2, 0) is 19.1 Å². The van der Waals surface area contributed by atoms with Gasteiger partial charge < -0.3 is 14.8 Å². The van der Waals surface area contributed by atoms with Crippen molar-refractivity contribution in [2.75, 3.05) is 26.3 Å². The predicted octanol–water partition coefficient (Wildman–Crippen LogP) is 1.54. The second-order valence-electron chi connectivity index (χ2n) is 4.49. The number of hydrogen-bond donors (Lipinski definition) is 1. The first-order valence-electron chi connectivity index (χ1n) is 6.73. The lowest BCUT2D eigenvalue weighted by Crippen LogP contribution is -2.34. The van der Waals surface area contributed by atoms with Gasteiger partial charge in [-0.2, -0.15) is 0 Å². The molecule has 0 unspecified atom stereocenters. The van der Waals surface area contributed by atoms with Gasteiger partial charge in [0, 0.05) is 0 Å². The maximum atomic E-state index is 11.8. The van der Waals surface area contributed by atoms with Crippen LogP contribution in [0.15, 0.2) is 0 Å². The van der Waals surface area contributed by atoms with Crippen molar-refractivity contribution in [2.24, 2.45) is 11.8 Å². The van der Waals surface area contributed by atoms with E-state index in [2.05, 4.69) is 5.32 Å². The number of ether oxygens (including phenoxy) is 2. The van der Waals surface area contributed by atoms with Gasteiger partial charge in [-0.3, -0.25) is 9.59 Å². The van der Waals surface area contributed by atoms with Crippen LogP contribution in [-0.4, -0.2) is 38.2 Å². The average Bonchev–Trinajstić information content (AvgIpc) is 2.37. The standard InChI is InChI=1S/C13H23NO4.ClH/c1-3-17-12(15)11(13(16)18-4-2)9-10-5-7-14-8-6-10;/h10-11,14H,3-9H2,1-2H3;1H. The van der Waals surface area contributed by atoms with Gasteiger partial charge in [-0.25, -0.2) is 0 Å². The lowest BCUT2D eigenvalue weighted by molar-refractivity contribution is -0.162. The van der Waals surface area contributed by atoms with Crippen LogP contribution in [0.3, 0.4) is 0 Å². The minimum absolute atomic E-state index is 0. The van der Waals surface area contributed by atoms with Crippen molar-refractivity contribution >= 4 is 24.3 Å². The van der Waals surface area contributed by atoms with Gasteiger partial charge in [0.2, 0.25) is 0 Å². The fraction of sp³-hybridized carbons (Fsp3) is 0.846. The summed E-state index contributed by atoms with van der Waals surface area (Å²) in [6, 6.07) is 0. The Morgan fingerprint density at radius 2 is 1.58 bits per heavy atom. The Hall–Kier alpha value is -0.810. The number of esters is 2. The molecule has 0 aliphatic carbocycles. The van der Waals surface area contributed by atoms with Gasteiger partial charge in [-0.05, 0) is 52.1 Å². The molecule has 1 aliphatic heterocycles. The molecule has 0 bridgehead atoms. The molecule has 1 saturated heterocycles. The molecule has 5 nitrogen and oxygen atoms in total. The Morgan fingerprint density at radius 3 is 2.00 bits per heavy atom. The second-order valence-corrected chi connectivity index (χ2v) is 4.49. The van der Waals surface area contributed by atoms with E-state index in [0.717, 1.165) is 25.9 Å². The van der Waals surface area contributed by atoms with Crippen LogP contribution < -0.4 is 5.32 Å². The van der Waals surface area contributed by atoms with Crippen molar-refractivity contribution in [1.82, 2.24) is 5.32 Å². The highest BCUT2D eigenvalue weighted by Gasteiger charge is 2.32. The van der Waals surface area contributed by atoms with Crippen molar-refractivity contribution in [2.45, 2.75) is 33.1 Å². The number of nitrogens with one attached hydrogen (secondary N) is 1. The molecule has 112 valence electrons. The summed E-state index contributed by atoms with van der Waals surface area (Å²) in [5, 5.41) is 3.26. The summed E-state index contributed by atoms with van der Waals surface area (Å²) in [6.45, 7) is 5.96. The molecule has 1 heterocycles. The van der Waals surface area contributed by atoms with Gasteiger partial charge in [-0.15, -0.1) is 12.4 Å². The smallest absolute Gasteiger partial charge is 0.320 e. The minimum Gasteiger partial charge on any atom is -0.465 e. The molecule has 6 heteroatoms. The van der Waals surface area contributed by atoms with E-state index < -0.39 is 17.9 Å². The highest BCUT2D eigenvalue weighted by atomic mass is 35.5. The summed E-state index contributed by atoms with van der Waals surface area (Å²) in [4.78, 5) is 23.6. The Kier molecular flexibility index (Phi) is 9.61. The summed E-state index contributed by atoms with van der Waals surface area (Å²) in [6.07, 6.45) is 2.53. The minimum atomic E-state index is -0.756. The first kappa shape index (κ1) is 18.2. The Labute approximate surface area is 120 Å². The highest BCUT2D eigenvalue weighted by molar-refractivity contribution is 5.94. The molecular formula is C13H24ClNO4. The van der Waals surface area contributed by atoms with E-state index in [1.807, 2.05) is 0 Å². The molecule has 0 amide bonds. The lowest BCUT2D eigenvalue weighted by Gasteiger charge is -2.25. The Morgan fingerprint density at radius 1 is 1.11 bits per heavy atom. The number of rotatable bonds is 6. The summed E-state index contributed by atoms with van der Waals surface area (Å²) in [5.74, 6) is -1.26. The molecular weight excluding hydrogens is 270 g/mol. The summed E-state index contributed by atoms with van der Waals surface area (Å²) < 4.78 is 9.92. The summed E-state index contributed by atoms with van der Waals surface area (Å²) in [7, 11) is 0. The van der Waals surface area contributed by atoms with Crippen molar-refractivity contribution in [3.8, 4) is 0 Å². The molecule has 0 aromatic carbocycles. The third-order valence-corrected chi connectivity index (χ3v) is 3.17.